The van der Waals surface area contributed by atoms with Crippen LogP contribution >= 0.6 is 22.9 Å². The average molecular weight is 386 g/mol. The Morgan fingerprint density at radius 3 is 2.50 bits per heavy atom. The molecule has 2 N–H and O–H groups in total. The van der Waals surface area contributed by atoms with E-state index in [1.54, 1.807) is 6.20 Å². The van der Waals surface area contributed by atoms with E-state index in [4.69, 9.17) is 11.6 Å². The Bertz CT molecular complexity index is 907. The number of aromatic nitrogens is 1. The van der Waals surface area contributed by atoms with Crippen molar-refractivity contribution in [2.75, 3.05) is 10.6 Å². The molecule has 0 atom stereocenters. The van der Waals surface area contributed by atoms with Crippen LogP contribution in [0.15, 0.2) is 54.7 Å². The summed E-state index contributed by atoms with van der Waals surface area (Å²) in [7, 11) is 0. The highest BCUT2D eigenvalue weighted by molar-refractivity contribution is 7.15. The fourth-order valence-corrected chi connectivity index (χ4v) is 3.60. The second kappa shape index (κ2) is 8.34. The van der Waals surface area contributed by atoms with Crippen molar-refractivity contribution in [1.82, 2.24) is 4.98 Å². The molecule has 0 unspecified atom stereocenters. The number of para-hydroxylation sites is 2. The van der Waals surface area contributed by atoms with E-state index in [1.807, 2.05) is 48.5 Å². The van der Waals surface area contributed by atoms with E-state index in [1.165, 1.54) is 11.3 Å². The monoisotopic (exact) mass is 385 g/mol. The lowest BCUT2D eigenvalue weighted by atomic mass is 10.0. The zero-order valence-corrected chi connectivity index (χ0v) is 16.2. The first kappa shape index (κ1) is 18.4. The number of carbonyl (C=O) groups excluding carboxylic acids is 1. The Kier molecular flexibility index (Phi) is 5.91. The molecule has 3 aromatic rings. The van der Waals surface area contributed by atoms with Crippen LogP contribution in [0.2, 0.25) is 4.47 Å². The molecule has 0 spiro atoms. The number of thiazole rings is 1. The molecule has 1 amide bonds. The van der Waals surface area contributed by atoms with E-state index in [-0.39, 0.29) is 5.91 Å². The Morgan fingerprint density at radius 1 is 1.12 bits per heavy atom. The standard InChI is InChI=1S/C20H20ClN3OS/c1-13(2)15-7-3-6-10-18(15)24-19(25)16-8-4-5-9-17(16)22-11-14-12-23-20(21)26-14/h3-10,12-13,22H,11H2,1-2H3,(H,24,25). The molecule has 1 aromatic heterocycles. The number of benzene rings is 2. The van der Waals surface area contributed by atoms with Gasteiger partial charge in [0.2, 0.25) is 0 Å². The van der Waals surface area contributed by atoms with Crippen molar-refractivity contribution in [2.45, 2.75) is 26.3 Å². The van der Waals surface area contributed by atoms with E-state index in [0.29, 0.717) is 22.5 Å². The highest BCUT2D eigenvalue weighted by Crippen LogP contribution is 2.26. The molecule has 0 aliphatic heterocycles. The normalized spacial score (nSPS) is 10.8. The quantitative estimate of drug-likeness (QED) is 0.565. The molecule has 0 saturated heterocycles. The predicted octanol–water partition coefficient (Wildman–Crippen LogP) is 5.78. The molecular formula is C20H20ClN3OS. The zero-order valence-electron chi connectivity index (χ0n) is 14.6. The van der Waals surface area contributed by atoms with Crippen LogP contribution in [-0.2, 0) is 6.54 Å². The van der Waals surface area contributed by atoms with Gasteiger partial charge in [-0.05, 0) is 29.7 Å². The molecule has 3 rings (SSSR count). The smallest absolute Gasteiger partial charge is 0.257 e. The van der Waals surface area contributed by atoms with E-state index < -0.39 is 0 Å². The number of nitrogens with zero attached hydrogens (tertiary/aromatic N) is 1. The minimum Gasteiger partial charge on any atom is -0.379 e. The van der Waals surface area contributed by atoms with Crippen molar-refractivity contribution in [2.24, 2.45) is 0 Å². The van der Waals surface area contributed by atoms with Gasteiger partial charge in [-0.2, -0.15) is 0 Å². The molecule has 6 heteroatoms. The summed E-state index contributed by atoms with van der Waals surface area (Å²) < 4.78 is 0.512. The summed E-state index contributed by atoms with van der Waals surface area (Å²) in [5.74, 6) is 0.194. The van der Waals surface area contributed by atoms with Crippen LogP contribution in [0.4, 0.5) is 11.4 Å². The van der Waals surface area contributed by atoms with Crippen LogP contribution in [0.5, 0.6) is 0 Å². The van der Waals surface area contributed by atoms with Gasteiger partial charge in [0.1, 0.15) is 0 Å². The van der Waals surface area contributed by atoms with Crippen molar-refractivity contribution >= 4 is 40.2 Å². The largest absolute Gasteiger partial charge is 0.379 e. The third-order valence-corrected chi connectivity index (χ3v) is 5.10. The zero-order chi connectivity index (χ0) is 18.5. The number of nitrogens with one attached hydrogen (secondary N) is 2. The molecule has 134 valence electrons. The number of halogens is 1. The first-order valence-electron chi connectivity index (χ1n) is 8.38. The van der Waals surface area contributed by atoms with Crippen molar-refractivity contribution in [3.05, 3.63) is 75.2 Å². The van der Waals surface area contributed by atoms with Crippen molar-refractivity contribution < 1.29 is 4.79 Å². The van der Waals surface area contributed by atoms with Crippen molar-refractivity contribution in [1.29, 1.82) is 0 Å². The van der Waals surface area contributed by atoms with Crippen LogP contribution in [-0.4, -0.2) is 10.9 Å². The van der Waals surface area contributed by atoms with E-state index in [2.05, 4.69) is 29.5 Å². The Balaban J connectivity index is 1.78. The predicted molar refractivity (Wildman–Crippen MR) is 109 cm³/mol. The summed E-state index contributed by atoms with van der Waals surface area (Å²) in [6, 6.07) is 15.4. The van der Waals surface area contributed by atoms with Gasteiger partial charge in [-0.25, -0.2) is 4.98 Å². The van der Waals surface area contributed by atoms with Gasteiger partial charge >= 0.3 is 0 Å². The maximum atomic E-state index is 12.8. The summed E-state index contributed by atoms with van der Waals surface area (Å²) in [6.45, 7) is 4.79. The molecule has 0 radical (unpaired) electrons. The molecule has 2 aromatic carbocycles. The number of hydrogen-bond acceptors (Lipinski definition) is 4. The molecule has 0 aliphatic rings. The molecule has 4 nitrogen and oxygen atoms in total. The van der Waals surface area contributed by atoms with E-state index >= 15 is 0 Å². The van der Waals surface area contributed by atoms with Crippen LogP contribution in [0, 0.1) is 0 Å². The molecule has 0 saturated carbocycles. The van der Waals surface area contributed by atoms with Crippen LogP contribution in [0.1, 0.15) is 40.6 Å². The van der Waals surface area contributed by atoms with E-state index in [9.17, 15) is 4.79 Å². The fourth-order valence-electron chi connectivity index (χ4n) is 2.69. The lowest BCUT2D eigenvalue weighted by molar-refractivity contribution is 0.102. The SMILES string of the molecule is CC(C)c1ccccc1NC(=O)c1ccccc1NCc1cnc(Cl)s1. The van der Waals surface area contributed by atoms with Gasteiger partial charge in [0, 0.05) is 22.4 Å². The summed E-state index contributed by atoms with van der Waals surface area (Å²) in [5, 5.41) is 6.34. The second-order valence-electron chi connectivity index (χ2n) is 6.17. The van der Waals surface area contributed by atoms with Crippen LogP contribution in [0.3, 0.4) is 0 Å². The number of carbonyl (C=O) groups is 1. The Hall–Kier alpha value is -2.37. The van der Waals surface area contributed by atoms with Gasteiger partial charge in [-0.1, -0.05) is 55.8 Å². The van der Waals surface area contributed by atoms with Gasteiger partial charge in [-0.15, -0.1) is 11.3 Å². The van der Waals surface area contributed by atoms with Gasteiger partial charge in [0.15, 0.2) is 4.47 Å². The van der Waals surface area contributed by atoms with Gasteiger partial charge in [-0.3, -0.25) is 4.79 Å². The Labute approximate surface area is 162 Å². The second-order valence-corrected chi connectivity index (χ2v) is 7.87. The summed E-state index contributed by atoms with van der Waals surface area (Å²) in [6.07, 6.45) is 1.74. The molecule has 0 fully saturated rings. The molecule has 1 heterocycles. The minimum absolute atomic E-state index is 0.136. The van der Waals surface area contributed by atoms with Gasteiger partial charge < -0.3 is 10.6 Å². The summed E-state index contributed by atoms with van der Waals surface area (Å²) >= 11 is 7.29. The molecular weight excluding hydrogens is 366 g/mol. The van der Waals surface area contributed by atoms with Gasteiger partial charge in [0.05, 0.1) is 12.1 Å². The number of rotatable bonds is 6. The highest BCUT2D eigenvalue weighted by Gasteiger charge is 2.14. The number of anilines is 2. The molecule has 26 heavy (non-hydrogen) atoms. The lowest BCUT2D eigenvalue weighted by Crippen LogP contribution is -2.16. The third kappa shape index (κ3) is 4.42. The summed E-state index contributed by atoms with van der Waals surface area (Å²) in [5.41, 5.74) is 3.33. The first-order valence-corrected chi connectivity index (χ1v) is 9.57. The highest BCUT2D eigenvalue weighted by atomic mass is 35.5. The van der Waals surface area contributed by atoms with Crippen molar-refractivity contribution in [3.63, 3.8) is 0 Å². The summed E-state index contributed by atoms with van der Waals surface area (Å²) in [4.78, 5) is 17.9. The number of amides is 1. The Morgan fingerprint density at radius 2 is 1.81 bits per heavy atom. The minimum atomic E-state index is -0.136. The van der Waals surface area contributed by atoms with Crippen LogP contribution < -0.4 is 10.6 Å². The van der Waals surface area contributed by atoms with Crippen LogP contribution in [0.25, 0.3) is 0 Å². The lowest BCUT2D eigenvalue weighted by Gasteiger charge is -2.15. The van der Waals surface area contributed by atoms with Gasteiger partial charge in [0.25, 0.3) is 5.91 Å². The molecule has 0 aliphatic carbocycles. The van der Waals surface area contributed by atoms with E-state index in [0.717, 1.165) is 21.8 Å². The first-order chi connectivity index (χ1) is 12.5. The number of hydrogen-bond donors (Lipinski definition) is 2. The fraction of sp³-hybridized carbons (Fsp3) is 0.200. The maximum absolute atomic E-state index is 12.8. The maximum Gasteiger partial charge on any atom is 0.257 e. The van der Waals surface area contributed by atoms with Crippen molar-refractivity contribution in [3.8, 4) is 0 Å². The average Bonchev–Trinajstić information content (AvgIpc) is 3.06. The third-order valence-electron chi connectivity index (χ3n) is 3.98. The molecule has 0 bridgehead atoms. The topological polar surface area (TPSA) is 54.0 Å².